The van der Waals surface area contributed by atoms with Crippen LogP contribution in [0.4, 0.5) is 0 Å². The summed E-state index contributed by atoms with van der Waals surface area (Å²) in [6.07, 6.45) is 1.96. The molecule has 1 aromatic heterocycles. The van der Waals surface area contributed by atoms with Gasteiger partial charge in [0.1, 0.15) is 0 Å². The standard InChI is InChI=1S/C21H26BrN5O2/c1-3-27-14-18(15(2)23-27)19-12-20(29-24-19)21(28)26-9-7-25(8-10-26)13-16-5-4-6-17(22)11-16/h4-6,11,14,20H,3,7-10,12-13H2,1-2H3. The van der Waals surface area contributed by atoms with E-state index in [1.54, 1.807) is 0 Å². The average Bonchev–Trinajstić information content (AvgIpc) is 3.34. The predicted octanol–water partition coefficient (Wildman–Crippen LogP) is 2.81. The van der Waals surface area contributed by atoms with Crippen LogP contribution in [-0.2, 0) is 22.7 Å². The maximum atomic E-state index is 12.9. The molecule has 2 aliphatic rings. The zero-order valence-electron chi connectivity index (χ0n) is 16.8. The van der Waals surface area contributed by atoms with Gasteiger partial charge in [0.25, 0.3) is 5.91 Å². The monoisotopic (exact) mass is 459 g/mol. The van der Waals surface area contributed by atoms with Crippen LogP contribution in [0.25, 0.3) is 0 Å². The topological polar surface area (TPSA) is 63.0 Å². The molecule has 2 aliphatic heterocycles. The fourth-order valence-electron chi connectivity index (χ4n) is 3.86. The minimum Gasteiger partial charge on any atom is -0.382 e. The quantitative estimate of drug-likeness (QED) is 0.689. The molecule has 1 unspecified atom stereocenters. The summed E-state index contributed by atoms with van der Waals surface area (Å²) in [4.78, 5) is 22.7. The lowest BCUT2D eigenvalue weighted by Gasteiger charge is -2.35. The highest BCUT2D eigenvalue weighted by Gasteiger charge is 2.34. The number of benzene rings is 1. The third-order valence-corrected chi connectivity index (χ3v) is 6.00. The molecule has 4 rings (SSSR count). The maximum absolute atomic E-state index is 12.9. The number of aromatic nitrogens is 2. The fourth-order valence-corrected chi connectivity index (χ4v) is 4.30. The molecule has 0 aliphatic carbocycles. The molecular formula is C21H26BrN5O2. The Balaban J connectivity index is 1.29. The third kappa shape index (κ3) is 4.53. The number of rotatable bonds is 5. The molecule has 154 valence electrons. The average molecular weight is 460 g/mol. The van der Waals surface area contributed by atoms with Crippen molar-refractivity contribution in [3.05, 3.63) is 51.8 Å². The number of piperazine rings is 1. The molecule has 0 bridgehead atoms. The van der Waals surface area contributed by atoms with Gasteiger partial charge in [-0.3, -0.25) is 14.4 Å². The van der Waals surface area contributed by atoms with Gasteiger partial charge in [0, 0.05) is 61.9 Å². The van der Waals surface area contributed by atoms with E-state index in [1.807, 2.05) is 35.7 Å². The molecule has 7 nitrogen and oxygen atoms in total. The molecule has 1 saturated heterocycles. The molecule has 0 N–H and O–H groups in total. The highest BCUT2D eigenvalue weighted by atomic mass is 79.9. The Morgan fingerprint density at radius 2 is 2.07 bits per heavy atom. The first-order valence-electron chi connectivity index (χ1n) is 10.1. The lowest BCUT2D eigenvalue weighted by molar-refractivity contribution is -0.143. The van der Waals surface area contributed by atoms with Crippen LogP contribution >= 0.6 is 15.9 Å². The van der Waals surface area contributed by atoms with Crippen molar-refractivity contribution in [2.24, 2.45) is 5.16 Å². The van der Waals surface area contributed by atoms with E-state index in [1.165, 1.54) is 5.56 Å². The van der Waals surface area contributed by atoms with E-state index in [0.717, 1.165) is 60.7 Å². The van der Waals surface area contributed by atoms with Gasteiger partial charge in [-0.05, 0) is 31.5 Å². The highest BCUT2D eigenvalue weighted by Crippen LogP contribution is 2.21. The van der Waals surface area contributed by atoms with Crippen LogP contribution in [-0.4, -0.2) is 63.5 Å². The highest BCUT2D eigenvalue weighted by molar-refractivity contribution is 9.10. The van der Waals surface area contributed by atoms with Crippen molar-refractivity contribution >= 4 is 27.5 Å². The van der Waals surface area contributed by atoms with Crippen molar-refractivity contribution < 1.29 is 9.63 Å². The summed E-state index contributed by atoms with van der Waals surface area (Å²) in [7, 11) is 0. The van der Waals surface area contributed by atoms with Crippen LogP contribution in [0.2, 0.25) is 0 Å². The third-order valence-electron chi connectivity index (χ3n) is 5.50. The second-order valence-electron chi connectivity index (χ2n) is 7.55. The Morgan fingerprint density at radius 1 is 1.28 bits per heavy atom. The molecule has 1 amide bonds. The van der Waals surface area contributed by atoms with E-state index in [-0.39, 0.29) is 5.91 Å². The Bertz CT molecular complexity index is 918. The smallest absolute Gasteiger partial charge is 0.266 e. The number of hydrogen-bond donors (Lipinski definition) is 0. The van der Waals surface area contributed by atoms with E-state index in [0.29, 0.717) is 6.42 Å². The fraction of sp³-hybridized carbons (Fsp3) is 0.476. The Kier molecular flexibility index (Phi) is 6.01. The zero-order chi connectivity index (χ0) is 20.4. The molecule has 1 aromatic carbocycles. The van der Waals surface area contributed by atoms with Gasteiger partial charge in [0.05, 0.1) is 11.4 Å². The number of hydrogen-bond acceptors (Lipinski definition) is 5. The largest absolute Gasteiger partial charge is 0.382 e. The first kappa shape index (κ1) is 20.1. The number of carbonyl (C=O) groups is 1. The van der Waals surface area contributed by atoms with Gasteiger partial charge >= 0.3 is 0 Å². The summed E-state index contributed by atoms with van der Waals surface area (Å²) >= 11 is 3.52. The van der Waals surface area contributed by atoms with Gasteiger partial charge in [0.2, 0.25) is 6.10 Å². The maximum Gasteiger partial charge on any atom is 0.266 e. The molecule has 0 saturated carbocycles. The number of aryl methyl sites for hydroxylation is 2. The summed E-state index contributed by atoms with van der Waals surface area (Å²) in [5, 5.41) is 8.65. The van der Waals surface area contributed by atoms with E-state index in [4.69, 9.17) is 4.84 Å². The molecule has 0 spiro atoms. The number of carbonyl (C=O) groups excluding carboxylic acids is 1. The van der Waals surface area contributed by atoms with Crippen molar-refractivity contribution in [1.82, 2.24) is 19.6 Å². The Morgan fingerprint density at radius 3 is 2.76 bits per heavy atom. The normalized spacial score (nSPS) is 19.9. The summed E-state index contributed by atoms with van der Waals surface area (Å²) in [5.74, 6) is 0.0337. The number of oxime groups is 1. The summed E-state index contributed by atoms with van der Waals surface area (Å²) < 4.78 is 2.98. The van der Waals surface area contributed by atoms with Crippen LogP contribution in [0.3, 0.4) is 0 Å². The second kappa shape index (κ2) is 8.67. The van der Waals surface area contributed by atoms with Gasteiger partial charge in [-0.15, -0.1) is 0 Å². The van der Waals surface area contributed by atoms with Crippen molar-refractivity contribution in [3.8, 4) is 0 Å². The summed E-state index contributed by atoms with van der Waals surface area (Å²) in [5.41, 5.74) is 3.98. The number of amides is 1. The van der Waals surface area contributed by atoms with Gasteiger partial charge in [0.15, 0.2) is 0 Å². The molecule has 2 aromatic rings. The van der Waals surface area contributed by atoms with Crippen LogP contribution in [0, 0.1) is 6.92 Å². The first-order chi connectivity index (χ1) is 14.0. The molecular weight excluding hydrogens is 434 g/mol. The molecule has 0 radical (unpaired) electrons. The van der Waals surface area contributed by atoms with E-state index in [2.05, 4.69) is 49.3 Å². The van der Waals surface area contributed by atoms with Crippen molar-refractivity contribution in [2.75, 3.05) is 26.2 Å². The SMILES string of the molecule is CCn1cc(C2=NOC(C(=O)N3CCN(Cc4cccc(Br)c4)CC3)C2)c(C)n1. The molecule has 1 fully saturated rings. The lowest BCUT2D eigenvalue weighted by Crippen LogP contribution is -2.51. The van der Waals surface area contributed by atoms with Gasteiger partial charge in [-0.2, -0.15) is 5.10 Å². The van der Waals surface area contributed by atoms with Crippen LogP contribution in [0.1, 0.15) is 30.2 Å². The first-order valence-corrected chi connectivity index (χ1v) is 10.9. The van der Waals surface area contributed by atoms with Crippen LogP contribution < -0.4 is 0 Å². The van der Waals surface area contributed by atoms with Gasteiger partial charge in [-0.25, -0.2) is 0 Å². The minimum absolute atomic E-state index is 0.0337. The van der Waals surface area contributed by atoms with Crippen molar-refractivity contribution in [3.63, 3.8) is 0 Å². The minimum atomic E-state index is -0.522. The second-order valence-corrected chi connectivity index (χ2v) is 8.47. The van der Waals surface area contributed by atoms with Crippen LogP contribution in [0.5, 0.6) is 0 Å². The van der Waals surface area contributed by atoms with E-state index in [9.17, 15) is 4.79 Å². The lowest BCUT2D eigenvalue weighted by atomic mass is 10.1. The molecule has 29 heavy (non-hydrogen) atoms. The Hall–Kier alpha value is -2.19. The van der Waals surface area contributed by atoms with E-state index < -0.39 is 6.10 Å². The Labute approximate surface area is 179 Å². The van der Waals surface area contributed by atoms with E-state index >= 15 is 0 Å². The predicted molar refractivity (Wildman–Crippen MR) is 115 cm³/mol. The van der Waals surface area contributed by atoms with Crippen molar-refractivity contribution in [1.29, 1.82) is 0 Å². The number of nitrogens with zero attached hydrogens (tertiary/aromatic N) is 5. The van der Waals surface area contributed by atoms with Gasteiger partial charge < -0.3 is 9.74 Å². The summed E-state index contributed by atoms with van der Waals surface area (Å²) in [6.45, 7) is 8.87. The molecule has 3 heterocycles. The van der Waals surface area contributed by atoms with Gasteiger partial charge in [-0.1, -0.05) is 33.2 Å². The van der Waals surface area contributed by atoms with Crippen LogP contribution in [0.15, 0.2) is 40.1 Å². The molecule has 1 atom stereocenters. The van der Waals surface area contributed by atoms with Crippen molar-refractivity contribution in [2.45, 2.75) is 39.5 Å². The summed E-state index contributed by atoms with van der Waals surface area (Å²) in [6, 6.07) is 8.37. The molecule has 8 heteroatoms. The zero-order valence-corrected chi connectivity index (χ0v) is 18.4. The number of halogens is 1.